The highest BCUT2D eigenvalue weighted by Crippen LogP contribution is 2.17. The molecule has 0 aliphatic rings. The highest BCUT2D eigenvalue weighted by atomic mass is 19.1. The lowest BCUT2D eigenvalue weighted by atomic mass is 9.93. The SMILES string of the molecule is CCOC(=O)C(N)(CF)Cc1ccc(O)cc1. The first-order valence-corrected chi connectivity index (χ1v) is 5.32. The van der Waals surface area contributed by atoms with Gasteiger partial charge in [-0.05, 0) is 24.6 Å². The predicted molar refractivity (Wildman–Crippen MR) is 61.3 cm³/mol. The van der Waals surface area contributed by atoms with E-state index in [0.29, 0.717) is 5.56 Å². The van der Waals surface area contributed by atoms with Crippen LogP contribution in [0.15, 0.2) is 24.3 Å². The maximum atomic E-state index is 12.9. The molecule has 0 amide bonds. The Hall–Kier alpha value is -1.62. The summed E-state index contributed by atoms with van der Waals surface area (Å²) < 4.78 is 17.6. The van der Waals surface area contributed by atoms with Crippen LogP contribution >= 0.6 is 0 Å². The second kappa shape index (κ2) is 5.63. The first kappa shape index (κ1) is 13.4. The number of halogens is 1. The molecular formula is C12H16FNO3. The number of carbonyl (C=O) groups excluding carboxylic acids is 1. The van der Waals surface area contributed by atoms with E-state index < -0.39 is 18.2 Å². The second-order valence-corrected chi connectivity index (χ2v) is 3.85. The number of carbonyl (C=O) groups is 1. The Balaban J connectivity index is 2.81. The van der Waals surface area contributed by atoms with Crippen LogP contribution < -0.4 is 5.73 Å². The summed E-state index contributed by atoms with van der Waals surface area (Å²) >= 11 is 0. The van der Waals surface area contributed by atoms with Crippen molar-refractivity contribution in [3.8, 4) is 5.75 Å². The van der Waals surface area contributed by atoms with Gasteiger partial charge in [0.25, 0.3) is 0 Å². The van der Waals surface area contributed by atoms with Gasteiger partial charge in [0.2, 0.25) is 0 Å². The van der Waals surface area contributed by atoms with Gasteiger partial charge >= 0.3 is 5.97 Å². The fourth-order valence-corrected chi connectivity index (χ4v) is 1.43. The summed E-state index contributed by atoms with van der Waals surface area (Å²) in [5, 5.41) is 9.11. The van der Waals surface area contributed by atoms with Crippen LogP contribution in [0.25, 0.3) is 0 Å². The van der Waals surface area contributed by atoms with Crippen molar-refractivity contribution in [3.63, 3.8) is 0 Å². The fourth-order valence-electron chi connectivity index (χ4n) is 1.43. The van der Waals surface area contributed by atoms with E-state index in [4.69, 9.17) is 15.6 Å². The Kier molecular flexibility index (Phi) is 4.45. The summed E-state index contributed by atoms with van der Waals surface area (Å²) in [7, 11) is 0. The van der Waals surface area contributed by atoms with Gasteiger partial charge in [-0.1, -0.05) is 12.1 Å². The van der Waals surface area contributed by atoms with Crippen LogP contribution in [0.4, 0.5) is 4.39 Å². The van der Waals surface area contributed by atoms with Crippen molar-refractivity contribution in [2.75, 3.05) is 13.3 Å². The summed E-state index contributed by atoms with van der Waals surface area (Å²) in [4.78, 5) is 11.5. The number of phenols is 1. The Labute approximate surface area is 99.2 Å². The molecule has 0 spiro atoms. The molecule has 0 bridgehead atoms. The molecule has 0 aromatic heterocycles. The first-order valence-electron chi connectivity index (χ1n) is 5.32. The van der Waals surface area contributed by atoms with Gasteiger partial charge in [-0.2, -0.15) is 0 Å². The lowest BCUT2D eigenvalue weighted by Crippen LogP contribution is -2.53. The van der Waals surface area contributed by atoms with Crippen LogP contribution in [-0.2, 0) is 16.0 Å². The van der Waals surface area contributed by atoms with Crippen molar-refractivity contribution < 1.29 is 19.0 Å². The monoisotopic (exact) mass is 241 g/mol. The third kappa shape index (κ3) is 3.42. The van der Waals surface area contributed by atoms with E-state index in [0.717, 1.165) is 0 Å². The zero-order valence-electron chi connectivity index (χ0n) is 9.65. The Morgan fingerprint density at radius 3 is 2.53 bits per heavy atom. The van der Waals surface area contributed by atoms with E-state index in [9.17, 15) is 9.18 Å². The van der Waals surface area contributed by atoms with Crippen molar-refractivity contribution in [2.45, 2.75) is 18.9 Å². The second-order valence-electron chi connectivity index (χ2n) is 3.85. The molecule has 0 aliphatic carbocycles. The highest BCUT2D eigenvalue weighted by molar-refractivity contribution is 5.81. The largest absolute Gasteiger partial charge is 0.508 e. The van der Waals surface area contributed by atoms with E-state index in [2.05, 4.69) is 0 Å². The molecule has 0 fully saturated rings. The van der Waals surface area contributed by atoms with Crippen molar-refractivity contribution in [3.05, 3.63) is 29.8 Å². The van der Waals surface area contributed by atoms with Crippen molar-refractivity contribution in [1.82, 2.24) is 0 Å². The smallest absolute Gasteiger partial charge is 0.329 e. The zero-order chi connectivity index (χ0) is 12.9. The molecule has 0 aliphatic heterocycles. The molecule has 0 heterocycles. The van der Waals surface area contributed by atoms with Gasteiger partial charge in [-0.25, -0.2) is 9.18 Å². The predicted octanol–water partition coefficient (Wildman–Crippen LogP) is 1.16. The Morgan fingerprint density at radius 2 is 2.06 bits per heavy atom. The molecule has 0 radical (unpaired) electrons. The molecule has 0 saturated heterocycles. The van der Waals surface area contributed by atoms with Crippen LogP contribution in [0.5, 0.6) is 5.75 Å². The van der Waals surface area contributed by atoms with Gasteiger partial charge in [0.05, 0.1) is 6.61 Å². The zero-order valence-corrected chi connectivity index (χ0v) is 9.65. The summed E-state index contributed by atoms with van der Waals surface area (Å²) in [5.74, 6) is -0.650. The van der Waals surface area contributed by atoms with Gasteiger partial charge in [0.1, 0.15) is 18.0 Å². The normalized spacial score (nSPS) is 14.1. The molecule has 1 aromatic carbocycles. The molecule has 1 rings (SSSR count). The number of phenolic OH excluding ortho intramolecular Hbond substituents is 1. The van der Waals surface area contributed by atoms with Gasteiger partial charge < -0.3 is 15.6 Å². The molecule has 1 unspecified atom stereocenters. The number of alkyl halides is 1. The number of ether oxygens (including phenoxy) is 1. The average molecular weight is 241 g/mol. The number of hydrogen-bond donors (Lipinski definition) is 2. The molecule has 94 valence electrons. The van der Waals surface area contributed by atoms with Crippen LogP contribution in [-0.4, -0.2) is 29.9 Å². The van der Waals surface area contributed by atoms with E-state index in [1.165, 1.54) is 12.1 Å². The van der Waals surface area contributed by atoms with Crippen molar-refractivity contribution in [2.24, 2.45) is 5.73 Å². The Morgan fingerprint density at radius 1 is 1.47 bits per heavy atom. The van der Waals surface area contributed by atoms with E-state index in [-0.39, 0.29) is 18.8 Å². The van der Waals surface area contributed by atoms with Gasteiger partial charge in [-0.3, -0.25) is 0 Å². The Bertz CT molecular complexity index is 380. The summed E-state index contributed by atoms with van der Waals surface area (Å²) in [5.41, 5.74) is 4.69. The number of rotatable bonds is 5. The maximum Gasteiger partial charge on any atom is 0.329 e. The fraction of sp³-hybridized carbons (Fsp3) is 0.417. The lowest BCUT2D eigenvalue weighted by molar-refractivity contribution is -0.150. The number of aromatic hydroxyl groups is 1. The summed E-state index contributed by atoms with van der Waals surface area (Å²) in [6.45, 7) is 0.803. The standard InChI is InChI=1S/C12H16FNO3/c1-2-17-11(16)12(14,8-13)7-9-3-5-10(15)6-4-9/h3-6,15H,2,7-8,14H2,1H3. The molecule has 4 nitrogen and oxygen atoms in total. The molecule has 1 atom stereocenters. The van der Waals surface area contributed by atoms with Crippen LogP contribution in [0, 0.1) is 0 Å². The highest BCUT2D eigenvalue weighted by Gasteiger charge is 2.36. The summed E-state index contributed by atoms with van der Waals surface area (Å²) in [6, 6.07) is 6.09. The minimum absolute atomic E-state index is 0.0304. The molecule has 0 saturated carbocycles. The number of esters is 1. The third-order valence-corrected chi connectivity index (χ3v) is 2.38. The van der Waals surface area contributed by atoms with E-state index >= 15 is 0 Å². The van der Waals surface area contributed by atoms with Gasteiger partial charge in [-0.15, -0.1) is 0 Å². The molecule has 5 heteroatoms. The molecular weight excluding hydrogens is 225 g/mol. The number of nitrogens with two attached hydrogens (primary N) is 1. The topological polar surface area (TPSA) is 72.5 Å². The maximum absolute atomic E-state index is 12.9. The quantitative estimate of drug-likeness (QED) is 0.759. The minimum Gasteiger partial charge on any atom is -0.508 e. The minimum atomic E-state index is -1.66. The van der Waals surface area contributed by atoms with Crippen LogP contribution in [0.3, 0.4) is 0 Å². The average Bonchev–Trinajstić information content (AvgIpc) is 2.32. The summed E-state index contributed by atoms with van der Waals surface area (Å²) in [6.07, 6.45) is 0.0304. The molecule has 3 N–H and O–H groups in total. The van der Waals surface area contributed by atoms with E-state index in [1.54, 1.807) is 19.1 Å². The van der Waals surface area contributed by atoms with Crippen molar-refractivity contribution >= 4 is 5.97 Å². The van der Waals surface area contributed by atoms with Crippen LogP contribution in [0.2, 0.25) is 0 Å². The van der Waals surface area contributed by atoms with Gasteiger partial charge in [0, 0.05) is 6.42 Å². The lowest BCUT2D eigenvalue weighted by Gasteiger charge is -2.23. The third-order valence-electron chi connectivity index (χ3n) is 2.38. The van der Waals surface area contributed by atoms with Crippen LogP contribution in [0.1, 0.15) is 12.5 Å². The van der Waals surface area contributed by atoms with Gasteiger partial charge in [0.15, 0.2) is 0 Å². The number of benzene rings is 1. The number of hydrogen-bond acceptors (Lipinski definition) is 4. The van der Waals surface area contributed by atoms with Crippen molar-refractivity contribution in [1.29, 1.82) is 0 Å². The molecule has 1 aromatic rings. The molecule has 17 heavy (non-hydrogen) atoms. The first-order chi connectivity index (χ1) is 8.01. The van der Waals surface area contributed by atoms with E-state index in [1.807, 2.05) is 0 Å².